The van der Waals surface area contributed by atoms with Crippen LogP contribution in [0.5, 0.6) is 0 Å². The summed E-state index contributed by atoms with van der Waals surface area (Å²) in [6.45, 7) is 6.37. The third kappa shape index (κ3) is 2.11. The first-order chi connectivity index (χ1) is 8.48. The summed E-state index contributed by atoms with van der Waals surface area (Å²) in [5.41, 5.74) is -0.615. The normalized spacial score (nSPS) is 24.8. The molecule has 2 aliphatic heterocycles. The van der Waals surface area contributed by atoms with Crippen LogP contribution in [0.15, 0.2) is 0 Å². The van der Waals surface area contributed by atoms with Gasteiger partial charge in [0, 0.05) is 26.7 Å². The van der Waals surface area contributed by atoms with Gasteiger partial charge in [-0.3, -0.25) is 14.5 Å². The third-order valence-corrected chi connectivity index (χ3v) is 4.21. The molecule has 18 heavy (non-hydrogen) atoms. The van der Waals surface area contributed by atoms with Crippen molar-refractivity contribution in [1.29, 1.82) is 0 Å². The molecule has 2 rings (SSSR count). The van der Waals surface area contributed by atoms with E-state index in [-0.39, 0.29) is 17.9 Å². The predicted octanol–water partition coefficient (Wildman–Crippen LogP) is 0.208. The van der Waals surface area contributed by atoms with Gasteiger partial charge in [0.2, 0.25) is 11.8 Å². The van der Waals surface area contributed by atoms with E-state index < -0.39 is 5.54 Å². The Labute approximate surface area is 108 Å². The van der Waals surface area contributed by atoms with Crippen LogP contribution in [0, 0.1) is 0 Å². The second-order valence-electron chi connectivity index (χ2n) is 5.67. The van der Waals surface area contributed by atoms with Crippen molar-refractivity contribution in [2.24, 2.45) is 0 Å². The molecule has 2 heterocycles. The Kier molecular flexibility index (Phi) is 3.61. The van der Waals surface area contributed by atoms with Crippen LogP contribution in [0.3, 0.4) is 0 Å². The number of likely N-dealkylation sites (N-methyl/N-ethyl adjacent to an activating group) is 1. The molecule has 0 radical (unpaired) electrons. The van der Waals surface area contributed by atoms with E-state index in [0.717, 1.165) is 38.9 Å². The zero-order valence-corrected chi connectivity index (χ0v) is 11.5. The van der Waals surface area contributed by atoms with Gasteiger partial charge in [-0.15, -0.1) is 0 Å². The van der Waals surface area contributed by atoms with E-state index in [0.29, 0.717) is 0 Å². The molecule has 0 aromatic carbocycles. The molecular formula is C13H23N3O2. The summed E-state index contributed by atoms with van der Waals surface area (Å²) >= 11 is 0. The van der Waals surface area contributed by atoms with Crippen molar-refractivity contribution in [2.45, 2.75) is 44.7 Å². The number of amides is 2. The number of carbonyl (C=O) groups excluding carboxylic acids is 2. The quantitative estimate of drug-likeness (QED) is 0.782. The van der Waals surface area contributed by atoms with Crippen molar-refractivity contribution in [2.75, 3.05) is 26.7 Å². The summed E-state index contributed by atoms with van der Waals surface area (Å²) in [7, 11) is 1.65. The number of hydrogen-bond donors (Lipinski definition) is 1. The summed E-state index contributed by atoms with van der Waals surface area (Å²) in [5, 5.41) is 2.69. The Morgan fingerprint density at radius 2 is 1.83 bits per heavy atom. The minimum Gasteiger partial charge on any atom is -0.358 e. The number of hydrogen-bond acceptors (Lipinski definition) is 3. The van der Waals surface area contributed by atoms with E-state index >= 15 is 0 Å². The van der Waals surface area contributed by atoms with E-state index in [4.69, 9.17) is 0 Å². The molecule has 0 bridgehead atoms. The predicted molar refractivity (Wildman–Crippen MR) is 69.1 cm³/mol. The maximum atomic E-state index is 12.3. The van der Waals surface area contributed by atoms with Gasteiger partial charge in [-0.1, -0.05) is 0 Å². The molecule has 0 aromatic rings. The number of rotatable bonds is 3. The largest absolute Gasteiger partial charge is 0.358 e. The molecule has 2 saturated heterocycles. The van der Waals surface area contributed by atoms with Crippen molar-refractivity contribution >= 4 is 11.8 Å². The molecule has 5 nitrogen and oxygen atoms in total. The second-order valence-corrected chi connectivity index (χ2v) is 5.67. The summed E-state index contributed by atoms with van der Waals surface area (Å²) in [5.74, 6) is 0.182. The highest BCUT2D eigenvalue weighted by molar-refractivity contribution is 5.88. The smallest absolute Gasteiger partial charge is 0.239 e. The van der Waals surface area contributed by atoms with E-state index in [2.05, 4.69) is 10.2 Å². The average molecular weight is 253 g/mol. The van der Waals surface area contributed by atoms with Gasteiger partial charge in [0.15, 0.2) is 0 Å². The van der Waals surface area contributed by atoms with Gasteiger partial charge in [-0.2, -0.15) is 0 Å². The Bertz CT molecular complexity index is 350. The van der Waals surface area contributed by atoms with E-state index in [1.165, 1.54) is 0 Å². The Morgan fingerprint density at radius 1 is 1.17 bits per heavy atom. The number of carbonyl (C=O) groups is 2. The summed E-state index contributed by atoms with van der Waals surface area (Å²) in [6, 6.07) is -0.113. The lowest BCUT2D eigenvalue weighted by molar-refractivity contribution is -0.144. The molecule has 0 aliphatic carbocycles. The first kappa shape index (κ1) is 13.3. The average Bonchev–Trinajstić information content (AvgIpc) is 2.74. The highest BCUT2D eigenvalue weighted by Crippen LogP contribution is 2.29. The fraction of sp³-hybridized carbons (Fsp3) is 0.846. The van der Waals surface area contributed by atoms with Crippen LogP contribution >= 0.6 is 0 Å². The zero-order valence-electron chi connectivity index (χ0n) is 11.5. The lowest BCUT2D eigenvalue weighted by Gasteiger charge is -2.41. The number of nitrogens with zero attached hydrogens (tertiary/aromatic N) is 2. The lowest BCUT2D eigenvalue weighted by Crippen LogP contribution is -2.60. The van der Waals surface area contributed by atoms with Gasteiger partial charge in [0.25, 0.3) is 0 Å². The second kappa shape index (κ2) is 4.88. The Hall–Kier alpha value is -1.10. The standard InChI is InChI=1S/C13H23N3O2/c1-13(2,12(18)14-3)16-9-4-6-10(16)11(17)15-7-5-8-15/h10H,4-9H2,1-3H3,(H,14,18). The number of nitrogens with one attached hydrogen (secondary N) is 1. The van der Waals surface area contributed by atoms with E-state index in [9.17, 15) is 9.59 Å². The Morgan fingerprint density at radius 3 is 2.33 bits per heavy atom. The highest BCUT2D eigenvalue weighted by atomic mass is 16.2. The summed E-state index contributed by atoms with van der Waals surface area (Å²) in [6.07, 6.45) is 2.97. The fourth-order valence-electron chi connectivity index (χ4n) is 2.88. The van der Waals surface area contributed by atoms with Crippen LogP contribution in [-0.2, 0) is 9.59 Å². The molecule has 2 amide bonds. The van der Waals surface area contributed by atoms with Crippen molar-refractivity contribution in [3.8, 4) is 0 Å². The van der Waals surface area contributed by atoms with Gasteiger partial charge >= 0.3 is 0 Å². The van der Waals surface area contributed by atoms with Crippen molar-refractivity contribution in [3.05, 3.63) is 0 Å². The molecule has 2 aliphatic rings. The van der Waals surface area contributed by atoms with E-state index in [1.54, 1.807) is 7.05 Å². The molecule has 0 spiro atoms. The zero-order chi connectivity index (χ0) is 13.3. The van der Waals surface area contributed by atoms with Crippen LogP contribution in [0.2, 0.25) is 0 Å². The van der Waals surface area contributed by atoms with Crippen molar-refractivity contribution in [1.82, 2.24) is 15.1 Å². The van der Waals surface area contributed by atoms with Gasteiger partial charge in [0.1, 0.15) is 0 Å². The van der Waals surface area contributed by atoms with Crippen LogP contribution in [0.25, 0.3) is 0 Å². The molecule has 1 unspecified atom stereocenters. The highest BCUT2D eigenvalue weighted by Gasteiger charge is 2.45. The first-order valence-electron chi connectivity index (χ1n) is 6.76. The molecular weight excluding hydrogens is 230 g/mol. The molecule has 0 saturated carbocycles. The van der Waals surface area contributed by atoms with E-state index in [1.807, 2.05) is 18.7 Å². The summed E-state index contributed by atoms with van der Waals surface area (Å²) < 4.78 is 0. The van der Waals surface area contributed by atoms with Crippen LogP contribution in [0.4, 0.5) is 0 Å². The Balaban J connectivity index is 2.11. The molecule has 1 atom stereocenters. The van der Waals surface area contributed by atoms with Gasteiger partial charge in [0.05, 0.1) is 11.6 Å². The first-order valence-corrected chi connectivity index (χ1v) is 6.76. The minimum absolute atomic E-state index is 0.0224. The van der Waals surface area contributed by atoms with Gasteiger partial charge < -0.3 is 10.2 Å². The SMILES string of the molecule is CNC(=O)C(C)(C)N1CCCC1C(=O)N1CCC1. The van der Waals surface area contributed by atoms with Gasteiger partial charge in [-0.25, -0.2) is 0 Å². The molecule has 0 aromatic heterocycles. The molecule has 2 fully saturated rings. The summed E-state index contributed by atoms with van der Waals surface area (Å²) in [4.78, 5) is 28.3. The lowest BCUT2D eigenvalue weighted by atomic mass is 9.99. The van der Waals surface area contributed by atoms with Gasteiger partial charge in [-0.05, 0) is 33.1 Å². The van der Waals surface area contributed by atoms with Crippen LogP contribution in [-0.4, -0.2) is 59.9 Å². The van der Waals surface area contributed by atoms with Crippen LogP contribution < -0.4 is 5.32 Å². The molecule has 5 heteroatoms. The maximum absolute atomic E-state index is 12.3. The van der Waals surface area contributed by atoms with Crippen molar-refractivity contribution in [3.63, 3.8) is 0 Å². The molecule has 102 valence electrons. The van der Waals surface area contributed by atoms with Crippen molar-refractivity contribution < 1.29 is 9.59 Å². The fourth-order valence-corrected chi connectivity index (χ4v) is 2.88. The minimum atomic E-state index is -0.615. The monoisotopic (exact) mass is 253 g/mol. The molecule has 1 N–H and O–H groups in total. The number of likely N-dealkylation sites (tertiary alicyclic amines) is 2. The topological polar surface area (TPSA) is 52.7 Å². The third-order valence-electron chi connectivity index (χ3n) is 4.21. The van der Waals surface area contributed by atoms with Crippen LogP contribution in [0.1, 0.15) is 33.1 Å². The maximum Gasteiger partial charge on any atom is 0.239 e.